The zero-order chi connectivity index (χ0) is 12.9. The van der Waals surface area contributed by atoms with E-state index in [1.165, 1.54) is 5.56 Å². The summed E-state index contributed by atoms with van der Waals surface area (Å²) in [7, 11) is 0. The van der Waals surface area contributed by atoms with Crippen molar-refractivity contribution in [2.24, 2.45) is 5.73 Å². The van der Waals surface area contributed by atoms with Gasteiger partial charge in [0.15, 0.2) is 0 Å². The highest BCUT2D eigenvalue weighted by atomic mass is 16.3. The molecule has 0 aliphatic rings. The molecular weight excluding hydrogens is 218 g/mol. The van der Waals surface area contributed by atoms with E-state index in [0.717, 1.165) is 19.3 Å². The lowest BCUT2D eigenvalue weighted by Crippen LogP contribution is -2.11. The molecular formula is C13H21NO3. The van der Waals surface area contributed by atoms with Crippen LogP contribution >= 0.6 is 0 Å². The number of carbonyl (C=O) groups excluding carboxylic acids is 1. The van der Waals surface area contributed by atoms with Crippen molar-refractivity contribution >= 4 is 6.41 Å². The van der Waals surface area contributed by atoms with E-state index in [4.69, 9.17) is 15.0 Å². The number of amides is 1. The predicted molar refractivity (Wildman–Crippen MR) is 67.3 cm³/mol. The first-order valence-electron chi connectivity index (χ1n) is 5.72. The van der Waals surface area contributed by atoms with E-state index in [1.54, 1.807) is 0 Å². The van der Waals surface area contributed by atoms with E-state index < -0.39 is 6.10 Å². The fourth-order valence-corrected chi connectivity index (χ4v) is 1.45. The molecule has 0 spiro atoms. The number of hydrogen-bond donors (Lipinski definition) is 3. The Morgan fingerprint density at radius 3 is 2.35 bits per heavy atom. The molecule has 96 valence electrons. The molecule has 4 nitrogen and oxygen atoms in total. The zero-order valence-electron chi connectivity index (χ0n) is 9.96. The Balaban J connectivity index is 0.000000770. The molecule has 0 heterocycles. The van der Waals surface area contributed by atoms with Crippen molar-refractivity contribution < 1.29 is 15.0 Å². The fourth-order valence-electron chi connectivity index (χ4n) is 1.45. The summed E-state index contributed by atoms with van der Waals surface area (Å²) in [6.45, 7) is -0.120. The van der Waals surface area contributed by atoms with E-state index in [0.29, 0.717) is 6.42 Å². The van der Waals surface area contributed by atoms with Crippen LogP contribution in [0.5, 0.6) is 0 Å². The maximum absolute atomic E-state index is 9.11. The third-order valence-electron chi connectivity index (χ3n) is 2.31. The second-order valence-electron chi connectivity index (χ2n) is 3.70. The number of aliphatic hydroxyl groups is 2. The molecule has 0 saturated heterocycles. The van der Waals surface area contributed by atoms with Gasteiger partial charge in [-0.3, -0.25) is 4.79 Å². The minimum absolute atomic E-state index is 0.120. The molecule has 1 aromatic rings. The van der Waals surface area contributed by atoms with Crippen LogP contribution in [0.2, 0.25) is 0 Å². The highest BCUT2D eigenvalue weighted by Gasteiger charge is 2.00. The number of primary amides is 1. The molecule has 0 aromatic heterocycles. The van der Waals surface area contributed by atoms with E-state index in [9.17, 15) is 0 Å². The van der Waals surface area contributed by atoms with Gasteiger partial charge in [-0.25, -0.2) is 0 Å². The lowest BCUT2D eigenvalue weighted by molar-refractivity contribution is -0.106. The Kier molecular flexibility index (Phi) is 10.2. The molecule has 0 aliphatic heterocycles. The molecule has 17 heavy (non-hydrogen) atoms. The van der Waals surface area contributed by atoms with E-state index in [-0.39, 0.29) is 13.0 Å². The average molecular weight is 239 g/mol. The second kappa shape index (κ2) is 11.1. The number of aliphatic hydroxyl groups excluding tert-OH is 2. The number of rotatable bonds is 6. The van der Waals surface area contributed by atoms with Crippen LogP contribution in [0, 0.1) is 0 Å². The molecule has 0 fully saturated rings. The van der Waals surface area contributed by atoms with Crippen molar-refractivity contribution in [1.29, 1.82) is 0 Å². The average Bonchev–Trinajstić information content (AvgIpc) is 2.36. The number of nitrogens with two attached hydrogens (primary N) is 1. The summed E-state index contributed by atoms with van der Waals surface area (Å²) in [5.41, 5.74) is 5.51. The van der Waals surface area contributed by atoms with Crippen molar-refractivity contribution in [3.05, 3.63) is 35.9 Å². The Bertz CT molecular complexity index is 277. The van der Waals surface area contributed by atoms with Crippen LogP contribution in [-0.2, 0) is 11.2 Å². The van der Waals surface area contributed by atoms with Crippen LogP contribution in [0.1, 0.15) is 24.8 Å². The van der Waals surface area contributed by atoms with Gasteiger partial charge in [0, 0.05) is 0 Å². The van der Waals surface area contributed by atoms with Gasteiger partial charge in [-0.2, -0.15) is 0 Å². The van der Waals surface area contributed by atoms with Gasteiger partial charge in [0.2, 0.25) is 6.41 Å². The number of carbonyl (C=O) groups is 1. The van der Waals surface area contributed by atoms with Gasteiger partial charge in [0.1, 0.15) is 0 Å². The molecule has 4 N–H and O–H groups in total. The van der Waals surface area contributed by atoms with Gasteiger partial charge >= 0.3 is 0 Å². The van der Waals surface area contributed by atoms with Gasteiger partial charge in [-0.15, -0.1) is 0 Å². The first-order chi connectivity index (χ1) is 8.24. The van der Waals surface area contributed by atoms with Crippen molar-refractivity contribution in [3.8, 4) is 0 Å². The Morgan fingerprint density at radius 2 is 1.82 bits per heavy atom. The number of hydrogen-bond acceptors (Lipinski definition) is 3. The summed E-state index contributed by atoms with van der Waals surface area (Å²) in [5.74, 6) is 0. The van der Waals surface area contributed by atoms with E-state index >= 15 is 0 Å². The first-order valence-corrected chi connectivity index (χ1v) is 5.72. The molecule has 1 amide bonds. The number of unbranched alkanes of at least 4 members (excludes halogenated alkanes) is 1. The lowest BCUT2D eigenvalue weighted by atomic mass is 10.1. The van der Waals surface area contributed by atoms with Gasteiger partial charge in [0.05, 0.1) is 12.7 Å². The predicted octanol–water partition coefficient (Wildman–Crippen LogP) is 0.854. The largest absolute Gasteiger partial charge is 0.394 e. The van der Waals surface area contributed by atoms with Crippen LogP contribution in [0.25, 0.3) is 0 Å². The molecule has 1 aromatic carbocycles. The highest BCUT2D eigenvalue weighted by Crippen LogP contribution is 2.07. The Hall–Kier alpha value is -1.39. The van der Waals surface area contributed by atoms with Gasteiger partial charge in [-0.05, 0) is 24.8 Å². The van der Waals surface area contributed by atoms with Crippen molar-refractivity contribution in [2.75, 3.05) is 6.61 Å². The van der Waals surface area contributed by atoms with Crippen molar-refractivity contribution in [1.82, 2.24) is 0 Å². The molecule has 0 saturated carbocycles. The Morgan fingerprint density at radius 1 is 1.24 bits per heavy atom. The van der Waals surface area contributed by atoms with Gasteiger partial charge in [-0.1, -0.05) is 36.8 Å². The van der Waals surface area contributed by atoms with E-state index in [2.05, 4.69) is 17.9 Å². The SMILES string of the molecule is NC=O.OCC(O)CCCCc1ccccc1. The van der Waals surface area contributed by atoms with Crippen LogP contribution < -0.4 is 5.73 Å². The van der Waals surface area contributed by atoms with E-state index in [1.807, 2.05) is 18.2 Å². The summed E-state index contributed by atoms with van der Waals surface area (Å²) in [6, 6.07) is 10.3. The third kappa shape index (κ3) is 9.53. The fraction of sp³-hybridized carbons (Fsp3) is 0.462. The van der Waals surface area contributed by atoms with Crippen molar-refractivity contribution in [3.63, 3.8) is 0 Å². The third-order valence-corrected chi connectivity index (χ3v) is 2.31. The summed E-state index contributed by atoms with van der Waals surface area (Å²) in [6.07, 6.45) is 3.51. The standard InChI is InChI=1S/C12H18O2.CH3NO/c13-10-12(14)9-5-4-8-11-6-2-1-3-7-11;2-1-3/h1-3,6-7,12-14H,4-5,8-10H2;1H,(H2,2,3). The summed E-state index contributed by atoms with van der Waals surface area (Å²) in [4.78, 5) is 8.58. The zero-order valence-corrected chi connectivity index (χ0v) is 9.96. The summed E-state index contributed by atoms with van der Waals surface area (Å²) < 4.78 is 0. The number of benzene rings is 1. The summed E-state index contributed by atoms with van der Waals surface area (Å²) >= 11 is 0. The second-order valence-corrected chi connectivity index (χ2v) is 3.70. The molecule has 4 heteroatoms. The molecule has 1 atom stereocenters. The first kappa shape index (κ1) is 15.6. The van der Waals surface area contributed by atoms with Gasteiger partial charge in [0.25, 0.3) is 0 Å². The molecule has 1 unspecified atom stereocenters. The highest BCUT2D eigenvalue weighted by molar-refractivity contribution is 5.42. The maximum Gasteiger partial charge on any atom is 0.204 e. The van der Waals surface area contributed by atoms with Crippen LogP contribution in [0.4, 0.5) is 0 Å². The smallest absolute Gasteiger partial charge is 0.204 e. The molecule has 0 radical (unpaired) electrons. The number of aryl methyl sites for hydroxylation is 1. The molecule has 0 aliphatic carbocycles. The van der Waals surface area contributed by atoms with Crippen LogP contribution in [-0.4, -0.2) is 29.3 Å². The topological polar surface area (TPSA) is 83.6 Å². The minimum atomic E-state index is -0.536. The van der Waals surface area contributed by atoms with Crippen LogP contribution in [0.3, 0.4) is 0 Å². The normalized spacial score (nSPS) is 11.2. The van der Waals surface area contributed by atoms with Crippen molar-refractivity contribution in [2.45, 2.75) is 31.8 Å². The Labute approximate surface area is 102 Å². The quantitative estimate of drug-likeness (QED) is 0.508. The minimum Gasteiger partial charge on any atom is -0.394 e. The van der Waals surface area contributed by atoms with Crippen LogP contribution in [0.15, 0.2) is 30.3 Å². The summed E-state index contributed by atoms with van der Waals surface area (Å²) in [5, 5.41) is 17.7. The molecule has 0 bridgehead atoms. The maximum atomic E-state index is 9.11. The lowest BCUT2D eigenvalue weighted by Gasteiger charge is -2.06. The monoisotopic (exact) mass is 239 g/mol. The molecule has 1 rings (SSSR count). The van der Waals surface area contributed by atoms with Gasteiger partial charge < -0.3 is 15.9 Å².